The maximum Gasteiger partial charge on any atom is 0.416 e. The summed E-state index contributed by atoms with van der Waals surface area (Å²) in [5, 5.41) is 0. The first-order valence-electron chi connectivity index (χ1n) is 23.5. The molecule has 0 aliphatic heterocycles. The summed E-state index contributed by atoms with van der Waals surface area (Å²) in [6.07, 6.45) is 3.16. The molecule has 9 rings (SSSR count). The van der Waals surface area contributed by atoms with Crippen molar-refractivity contribution >= 4 is 47.6 Å². The fraction of sp³-hybridized carbons (Fsp3) is 0.0606. The van der Waals surface area contributed by atoms with E-state index >= 15 is 0 Å². The third kappa shape index (κ3) is 11.6. The monoisotopic (exact) mass is 954 g/mol. The summed E-state index contributed by atoms with van der Waals surface area (Å²) in [6.45, 7) is 4.25. The molecule has 0 unspecified atom stereocenters. The van der Waals surface area contributed by atoms with Gasteiger partial charge in [-0.05, 0) is 150 Å². The van der Waals surface area contributed by atoms with Crippen LogP contribution in [0.25, 0.3) is 69.9 Å². The van der Waals surface area contributed by atoms with Gasteiger partial charge in [-0.25, -0.2) is 0 Å². The predicted molar refractivity (Wildman–Crippen MR) is 287 cm³/mol. The highest BCUT2D eigenvalue weighted by Gasteiger charge is 2.31. The predicted octanol–water partition coefficient (Wildman–Crippen LogP) is 19.2. The number of benzene rings is 9. The third-order valence-electron chi connectivity index (χ3n) is 12.7. The maximum atomic E-state index is 13.8. The van der Waals surface area contributed by atoms with Crippen LogP contribution in [0.5, 0.6) is 0 Å². The summed E-state index contributed by atoms with van der Waals surface area (Å²) in [6, 6.07) is 66.9. The molecule has 0 heterocycles. The standard InChI is InChI=1S/C66H48F6/c1-45-39-62(54-37-31-48(32-38-54)28-34-50-16-10-12-22-56(50)44-64(52-19-7-4-8-20-52)58-24-14-26-60(42-58)66(70,71)72)46(2)40-61(45)53-35-29-47(30-36-53)27-33-49-15-9-11-21-55(49)43-63(51-17-5-3-6-18-51)57-23-13-25-59(41-57)65(67,68)69/h3-44H,1-2H3/b33-27?,34-28?,63-43+,64-44+. The number of alkyl halides is 6. The first-order chi connectivity index (χ1) is 34.8. The Hall–Kier alpha value is -8.48. The average Bonchev–Trinajstić information content (AvgIpc) is 3.40. The normalized spacial score (nSPS) is 12.5. The van der Waals surface area contributed by atoms with Crippen LogP contribution >= 0.6 is 0 Å². The summed E-state index contributed by atoms with van der Waals surface area (Å²) >= 11 is 0. The lowest BCUT2D eigenvalue weighted by atomic mass is 9.91. The smallest absolute Gasteiger partial charge is 0.166 e. The van der Waals surface area contributed by atoms with Crippen molar-refractivity contribution in [2.45, 2.75) is 26.2 Å². The van der Waals surface area contributed by atoms with Gasteiger partial charge in [0.05, 0.1) is 11.1 Å². The second-order valence-corrected chi connectivity index (χ2v) is 17.7. The van der Waals surface area contributed by atoms with E-state index in [1.54, 1.807) is 12.1 Å². The maximum absolute atomic E-state index is 13.8. The zero-order chi connectivity index (χ0) is 50.2. The number of rotatable bonds is 12. The summed E-state index contributed by atoms with van der Waals surface area (Å²) in [5.41, 5.74) is 15.0. The highest BCUT2D eigenvalue weighted by molar-refractivity contribution is 5.95. The van der Waals surface area contributed by atoms with E-state index in [1.165, 1.54) is 24.3 Å². The van der Waals surface area contributed by atoms with Gasteiger partial charge in [-0.2, -0.15) is 26.3 Å². The Morgan fingerprint density at radius 2 is 0.653 bits per heavy atom. The van der Waals surface area contributed by atoms with Gasteiger partial charge in [0, 0.05) is 0 Å². The van der Waals surface area contributed by atoms with E-state index in [0.717, 1.165) is 90.0 Å². The molecule has 0 aliphatic carbocycles. The van der Waals surface area contributed by atoms with Crippen LogP contribution in [0.3, 0.4) is 0 Å². The van der Waals surface area contributed by atoms with Crippen molar-refractivity contribution in [1.29, 1.82) is 0 Å². The molecule has 0 atom stereocenters. The van der Waals surface area contributed by atoms with Crippen LogP contribution in [0.2, 0.25) is 0 Å². The van der Waals surface area contributed by atoms with E-state index in [4.69, 9.17) is 0 Å². The molecule has 6 heteroatoms. The van der Waals surface area contributed by atoms with Gasteiger partial charge in [0.15, 0.2) is 0 Å². The molecule has 0 aliphatic rings. The lowest BCUT2D eigenvalue weighted by molar-refractivity contribution is -0.138. The molecular formula is C66H48F6. The lowest BCUT2D eigenvalue weighted by Crippen LogP contribution is -2.05. The molecule has 9 aromatic carbocycles. The Morgan fingerprint density at radius 3 is 1.01 bits per heavy atom. The lowest BCUT2D eigenvalue weighted by Gasteiger charge is -2.14. The zero-order valence-electron chi connectivity index (χ0n) is 39.5. The zero-order valence-corrected chi connectivity index (χ0v) is 39.5. The molecule has 0 radical (unpaired) electrons. The molecular weight excluding hydrogens is 907 g/mol. The second kappa shape index (κ2) is 21.3. The molecule has 72 heavy (non-hydrogen) atoms. The van der Waals surface area contributed by atoms with E-state index in [-0.39, 0.29) is 0 Å². The van der Waals surface area contributed by atoms with Crippen LogP contribution in [0.4, 0.5) is 26.3 Å². The Balaban J connectivity index is 0.919. The highest BCUT2D eigenvalue weighted by Crippen LogP contribution is 2.37. The quantitative estimate of drug-likeness (QED) is 0.0846. The van der Waals surface area contributed by atoms with Gasteiger partial charge in [0.1, 0.15) is 0 Å². The van der Waals surface area contributed by atoms with Crippen molar-refractivity contribution in [3.8, 4) is 22.3 Å². The minimum absolute atomic E-state index is 0.484. The van der Waals surface area contributed by atoms with E-state index in [2.05, 4.69) is 74.5 Å². The van der Waals surface area contributed by atoms with Crippen LogP contribution in [-0.4, -0.2) is 0 Å². The summed E-state index contributed by atoms with van der Waals surface area (Å²) in [7, 11) is 0. The van der Waals surface area contributed by atoms with Crippen LogP contribution < -0.4 is 0 Å². The van der Waals surface area contributed by atoms with E-state index in [0.29, 0.717) is 22.3 Å². The number of halogens is 6. The average molecular weight is 955 g/mol. The van der Waals surface area contributed by atoms with E-state index in [9.17, 15) is 26.3 Å². The molecule has 0 saturated heterocycles. The summed E-state index contributed by atoms with van der Waals surface area (Å²) in [5.74, 6) is 0. The number of hydrogen-bond acceptors (Lipinski definition) is 0. The Labute approximate surface area is 417 Å². The van der Waals surface area contributed by atoms with Crippen molar-refractivity contribution in [2.24, 2.45) is 0 Å². The molecule has 0 fully saturated rings. The first kappa shape index (κ1) is 48.5. The molecule has 0 saturated carbocycles. The molecule has 0 spiro atoms. The van der Waals surface area contributed by atoms with Crippen LogP contribution in [-0.2, 0) is 12.4 Å². The van der Waals surface area contributed by atoms with Gasteiger partial charge in [-0.1, -0.05) is 218 Å². The van der Waals surface area contributed by atoms with Crippen molar-refractivity contribution in [3.63, 3.8) is 0 Å². The molecule has 0 amide bonds. The van der Waals surface area contributed by atoms with Gasteiger partial charge in [0.2, 0.25) is 0 Å². The van der Waals surface area contributed by atoms with Gasteiger partial charge >= 0.3 is 12.4 Å². The molecule has 354 valence electrons. The minimum atomic E-state index is -4.46. The van der Waals surface area contributed by atoms with Crippen LogP contribution in [0, 0.1) is 13.8 Å². The molecule has 0 nitrogen and oxygen atoms in total. The van der Waals surface area contributed by atoms with Crippen molar-refractivity contribution in [3.05, 3.63) is 296 Å². The summed E-state index contributed by atoms with van der Waals surface area (Å²) in [4.78, 5) is 0. The minimum Gasteiger partial charge on any atom is -0.166 e. The Kier molecular flexibility index (Phi) is 14.3. The molecule has 0 bridgehead atoms. The fourth-order valence-electron chi connectivity index (χ4n) is 8.89. The van der Waals surface area contributed by atoms with E-state index in [1.807, 2.05) is 146 Å². The second-order valence-electron chi connectivity index (χ2n) is 17.7. The molecule has 0 N–H and O–H groups in total. The Bertz CT molecular complexity index is 3230. The Morgan fingerprint density at radius 1 is 0.319 bits per heavy atom. The molecule has 0 aromatic heterocycles. The topological polar surface area (TPSA) is 0 Å². The van der Waals surface area contributed by atoms with E-state index < -0.39 is 23.5 Å². The van der Waals surface area contributed by atoms with Gasteiger partial charge in [-0.3, -0.25) is 0 Å². The molecule has 9 aromatic rings. The highest BCUT2D eigenvalue weighted by atomic mass is 19.4. The van der Waals surface area contributed by atoms with Gasteiger partial charge in [0.25, 0.3) is 0 Å². The fourth-order valence-corrected chi connectivity index (χ4v) is 8.89. The van der Waals surface area contributed by atoms with Crippen molar-refractivity contribution < 1.29 is 26.3 Å². The largest absolute Gasteiger partial charge is 0.416 e. The van der Waals surface area contributed by atoms with Crippen molar-refractivity contribution in [2.75, 3.05) is 0 Å². The van der Waals surface area contributed by atoms with Crippen LogP contribution in [0.1, 0.15) is 77.9 Å². The number of hydrogen-bond donors (Lipinski definition) is 0. The number of aryl methyl sites for hydroxylation is 2. The summed E-state index contributed by atoms with van der Waals surface area (Å²) < 4.78 is 82.6. The third-order valence-corrected chi connectivity index (χ3v) is 12.7. The van der Waals surface area contributed by atoms with Crippen LogP contribution in [0.15, 0.2) is 218 Å². The first-order valence-corrected chi connectivity index (χ1v) is 23.5. The van der Waals surface area contributed by atoms with Gasteiger partial charge in [-0.15, -0.1) is 0 Å². The van der Waals surface area contributed by atoms with Crippen molar-refractivity contribution in [1.82, 2.24) is 0 Å². The SMILES string of the molecule is Cc1cc(-c2ccc(C=Cc3ccccc3/C=C(\c3ccccc3)c3cccc(C(F)(F)F)c3)cc2)c(C)cc1-c1ccc(C=Cc2ccccc2/C=C(\c2ccccc2)c2cccc(C(F)(F)F)c2)cc1. The van der Waals surface area contributed by atoms with Gasteiger partial charge < -0.3 is 0 Å².